The lowest BCUT2D eigenvalue weighted by Gasteiger charge is -2.43. The molecule has 3 aromatic heterocycles. The van der Waals surface area contributed by atoms with Crippen molar-refractivity contribution in [2.45, 2.75) is 125 Å². The molecule has 2 saturated heterocycles. The van der Waals surface area contributed by atoms with E-state index in [2.05, 4.69) is 19.2 Å². The molecule has 3 amide bonds. The van der Waals surface area contributed by atoms with Gasteiger partial charge in [0.05, 0.1) is 31.9 Å². The first-order chi connectivity index (χ1) is 42.2. The van der Waals surface area contributed by atoms with Crippen LogP contribution < -0.4 is 31.1 Å². The quantitative estimate of drug-likeness (QED) is 0.0724. The van der Waals surface area contributed by atoms with E-state index in [0.29, 0.717) is 48.9 Å². The molecule has 12 rings (SSSR count). The van der Waals surface area contributed by atoms with Crippen LogP contribution in [0.25, 0.3) is 0 Å². The van der Waals surface area contributed by atoms with Gasteiger partial charge in [0.25, 0.3) is 23.5 Å². The molecule has 89 heavy (non-hydrogen) atoms. The summed E-state index contributed by atoms with van der Waals surface area (Å²) in [6.45, 7) is 9.96. The van der Waals surface area contributed by atoms with Crippen molar-refractivity contribution in [3.8, 4) is 17.2 Å². The van der Waals surface area contributed by atoms with Gasteiger partial charge in [0.2, 0.25) is 22.0 Å². The molecule has 0 radical (unpaired) electrons. The van der Waals surface area contributed by atoms with E-state index in [4.69, 9.17) is 28.1 Å². The van der Waals surface area contributed by atoms with Crippen molar-refractivity contribution in [3.63, 3.8) is 0 Å². The molecule has 2 saturated carbocycles. The van der Waals surface area contributed by atoms with Crippen LogP contribution in [-0.2, 0) is 47.1 Å². The van der Waals surface area contributed by atoms with Crippen LogP contribution in [0, 0.1) is 41.1 Å². The van der Waals surface area contributed by atoms with Crippen molar-refractivity contribution in [1.82, 2.24) is 24.3 Å². The predicted octanol–water partition coefficient (Wildman–Crippen LogP) is 8.22. The van der Waals surface area contributed by atoms with Crippen LogP contribution >= 0.6 is 0 Å². The van der Waals surface area contributed by atoms with Gasteiger partial charge in [0.15, 0.2) is 22.9 Å². The zero-order valence-corrected chi connectivity index (χ0v) is 48.8. The van der Waals surface area contributed by atoms with E-state index in [1.54, 1.807) is 42.4 Å². The summed E-state index contributed by atoms with van der Waals surface area (Å²) >= 11 is 0. The maximum absolute atomic E-state index is 13.8. The summed E-state index contributed by atoms with van der Waals surface area (Å²) in [6, 6.07) is 19.7. The minimum atomic E-state index is -1.18. The Bertz CT molecular complexity index is 3890. The van der Waals surface area contributed by atoms with Crippen LogP contribution in [0.3, 0.4) is 0 Å². The molecule has 2 aliphatic carbocycles. The van der Waals surface area contributed by atoms with E-state index < -0.39 is 92.6 Å². The van der Waals surface area contributed by atoms with Gasteiger partial charge in [0.1, 0.15) is 53.6 Å². The SMILES string of the molecule is C.CCOC(=O)c1cn2c(c(OCc3ccccc3)c1=O)C(=O)N1[C@@H]3C[C@@H](C[C@@H]3C)[C@@H]1C2.CCOC(=O)c1occ(C(=O)OCC)c(=O)c1OCc1ccccc1.C[C@H]1C[C@@H]2C[C@H]1N1C(=O)c3c(O)c(=O)c(C(=O)NCc4c(F)cc(F)cc4F)cn3C[C@@H]21. The lowest BCUT2D eigenvalue weighted by molar-refractivity contribution is 0.0386. The summed E-state index contributed by atoms with van der Waals surface area (Å²) in [5.41, 5.74) is -2.15. The number of carbonyl (C=O) groups is 6. The summed E-state index contributed by atoms with van der Waals surface area (Å²) in [6.07, 6.45) is 7.53. The Kier molecular flexibility index (Phi) is 19.3. The van der Waals surface area contributed by atoms with E-state index in [0.717, 1.165) is 43.1 Å². The lowest BCUT2D eigenvalue weighted by atomic mass is 9.91. The molecule has 4 aliphatic heterocycles. The fourth-order valence-electron chi connectivity index (χ4n) is 13.0. The molecule has 8 atom stereocenters. The Labute approximate surface area is 508 Å². The van der Waals surface area contributed by atoms with E-state index in [1.165, 1.54) is 17.0 Å². The molecule has 3 aromatic carbocycles. The average molecular weight is 1230 g/mol. The van der Waals surface area contributed by atoms with Crippen LogP contribution in [0.5, 0.6) is 17.2 Å². The highest BCUT2D eigenvalue weighted by atomic mass is 19.1. The van der Waals surface area contributed by atoms with Gasteiger partial charge in [-0.2, -0.15) is 0 Å². The summed E-state index contributed by atoms with van der Waals surface area (Å²) < 4.78 is 75.2. The topological polar surface area (TPSA) is 262 Å². The summed E-state index contributed by atoms with van der Waals surface area (Å²) in [5, 5.41) is 12.7. The van der Waals surface area contributed by atoms with Crippen LogP contribution in [-0.4, -0.2) is 104 Å². The third kappa shape index (κ3) is 12.5. The number of fused-ring (bicyclic) bond motifs is 12. The third-order valence-corrected chi connectivity index (χ3v) is 17.0. The number of hydrogen-bond acceptors (Lipinski definition) is 16. The van der Waals surface area contributed by atoms with Crippen LogP contribution in [0.4, 0.5) is 13.2 Å². The minimum absolute atomic E-state index is 0. The Morgan fingerprint density at radius 2 is 1.06 bits per heavy atom. The number of aromatic hydroxyl groups is 1. The van der Waals surface area contributed by atoms with Crippen molar-refractivity contribution in [3.05, 3.63) is 190 Å². The number of benzene rings is 3. The fraction of sp³-hybridized carbons (Fsp3) is 0.400. The molecule has 470 valence electrons. The average Bonchev–Trinajstić information content (AvgIpc) is 1.77. The molecule has 4 bridgehead atoms. The maximum Gasteiger partial charge on any atom is 0.378 e. The number of halogens is 3. The number of nitrogens with one attached hydrogen (secondary N) is 1. The van der Waals surface area contributed by atoms with Gasteiger partial charge < -0.3 is 57.5 Å². The summed E-state index contributed by atoms with van der Waals surface area (Å²) in [7, 11) is 0. The Hall–Kier alpha value is -9.48. The number of aromatic nitrogens is 2. The van der Waals surface area contributed by atoms with Crippen LogP contribution in [0.2, 0.25) is 0 Å². The molecule has 0 spiro atoms. The number of piperidine rings is 2. The second-order valence-electron chi connectivity index (χ2n) is 22.4. The zero-order valence-electron chi connectivity index (χ0n) is 48.8. The van der Waals surface area contributed by atoms with Gasteiger partial charge in [-0.05, 0) is 81.3 Å². The van der Waals surface area contributed by atoms with Gasteiger partial charge in [-0.15, -0.1) is 0 Å². The maximum atomic E-state index is 13.8. The van der Waals surface area contributed by atoms with Gasteiger partial charge in [-0.25, -0.2) is 27.6 Å². The Morgan fingerprint density at radius 3 is 1.58 bits per heavy atom. The number of pyridine rings is 2. The zero-order chi connectivity index (χ0) is 62.8. The molecular weight excluding hydrogens is 1160 g/mol. The van der Waals surface area contributed by atoms with Gasteiger partial charge in [-0.1, -0.05) is 81.9 Å². The second-order valence-corrected chi connectivity index (χ2v) is 22.4. The van der Waals surface area contributed by atoms with Gasteiger partial charge in [-0.3, -0.25) is 28.8 Å². The van der Waals surface area contributed by atoms with E-state index in [-0.39, 0.29) is 105 Å². The molecule has 2 N–H and O–H groups in total. The normalized spacial score (nSPS) is 21.1. The van der Waals surface area contributed by atoms with E-state index >= 15 is 0 Å². The minimum Gasteiger partial charge on any atom is -0.503 e. The highest BCUT2D eigenvalue weighted by molar-refractivity contribution is 6.00. The lowest BCUT2D eigenvalue weighted by Crippen LogP contribution is -2.54. The fourth-order valence-corrected chi connectivity index (χ4v) is 13.0. The van der Waals surface area contributed by atoms with E-state index in [1.807, 2.05) is 53.4 Å². The van der Waals surface area contributed by atoms with Crippen LogP contribution in [0.15, 0.2) is 110 Å². The molecule has 21 nitrogen and oxygen atoms in total. The van der Waals surface area contributed by atoms with Crippen molar-refractivity contribution in [2.75, 3.05) is 19.8 Å². The first kappa shape index (κ1) is 64.0. The van der Waals surface area contributed by atoms with Crippen molar-refractivity contribution < 1.29 is 75.1 Å². The molecule has 4 fully saturated rings. The van der Waals surface area contributed by atoms with Crippen molar-refractivity contribution >= 4 is 35.6 Å². The Balaban J connectivity index is 0.000000159. The van der Waals surface area contributed by atoms with Crippen molar-refractivity contribution in [1.29, 1.82) is 0 Å². The molecular formula is C65H68F3N5O16. The summed E-state index contributed by atoms with van der Waals surface area (Å²) in [4.78, 5) is 118. The number of rotatable bonds is 15. The molecule has 6 aromatic rings. The smallest absolute Gasteiger partial charge is 0.378 e. The van der Waals surface area contributed by atoms with Crippen molar-refractivity contribution in [2.24, 2.45) is 23.7 Å². The van der Waals surface area contributed by atoms with Gasteiger partial charge >= 0.3 is 17.9 Å². The standard InChI is InChI=1S/C24H26N2O5.C22H20F3N3O4.C18H18O7.CH4/c1-3-30-24(29)17-11-25-12-19-16-9-14(2)18(10-16)26(19)23(28)20(25)22(21(17)27)31-13-15-7-5-4-6-8-15;1-9-2-10-3-16(9)28-17(10)8-27-7-13(19(29)20(30)18(27)22(28)32)21(31)26-6-12-14(24)4-11(23)5-15(12)25;1-3-22-17(20)13-11-25-16(18(21)23-4-2)15(14(13)19)24-10-12-8-6-5-7-9-12;/h4-8,11,14,16,18-19H,3,9-10,12-13H2,1-2H3;4-5,7,9-10,16-17,30H,2-3,6,8H2,1H3,(H,26,31);5-9,11H,3-4,10H2,1-2H3;1H4/t14-,16+,18+,19-;9-,10+,16+,17-;;/m00../s1. The van der Waals surface area contributed by atoms with E-state index in [9.17, 15) is 61.4 Å². The second kappa shape index (κ2) is 26.9. The third-order valence-electron chi connectivity index (χ3n) is 17.0. The number of carbonyl (C=O) groups excluding carboxylic acids is 6. The number of nitrogens with zero attached hydrogens (tertiary/aromatic N) is 4. The number of esters is 3. The first-order valence-corrected chi connectivity index (χ1v) is 29.1. The summed E-state index contributed by atoms with van der Waals surface area (Å²) in [5.74, 6) is -7.51. The van der Waals surface area contributed by atoms with Gasteiger partial charge in [0, 0.05) is 61.8 Å². The molecule has 24 heteroatoms. The highest BCUT2D eigenvalue weighted by Crippen LogP contribution is 2.50. The van der Waals surface area contributed by atoms with Crippen LogP contribution in [0.1, 0.15) is 147 Å². The monoisotopic (exact) mass is 1230 g/mol. The molecule has 6 aliphatic rings. The number of hydrogen-bond donors (Lipinski definition) is 2. The Morgan fingerprint density at radius 1 is 0.596 bits per heavy atom. The first-order valence-electron chi connectivity index (χ1n) is 29.1. The largest absolute Gasteiger partial charge is 0.503 e. The molecule has 0 unspecified atom stereocenters. The number of amides is 3. The predicted molar refractivity (Wildman–Crippen MR) is 313 cm³/mol. The molecule has 7 heterocycles. The number of ether oxygens (including phenoxy) is 5. The highest BCUT2D eigenvalue weighted by Gasteiger charge is 2.56.